The largest absolute Gasteiger partial charge is 0.476 e. The van der Waals surface area contributed by atoms with E-state index in [9.17, 15) is 4.79 Å². The lowest BCUT2D eigenvalue weighted by Crippen LogP contribution is -2.04. The molecule has 1 N–H and O–H groups in total. The summed E-state index contributed by atoms with van der Waals surface area (Å²) in [7, 11) is 0. The van der Waals surface area contributed by atoms with Gasteiger partial charge in [-0.3, -0.25) is 4.68 Å². The second kappa shape index (κ2) is 5.26. The van der Waals surface area contributed by atoms with Crippen LogP contribution in [0.3, 0.4) is 0 Å². The maximum atomic E-state index is 11.1. The highest BCUT2D eigenvalue weighted by atomic mass is 16.4. The molecule has 0 radical (unpaired) electrons. The summed E-state index contributed by atoms with van der Waals surface area (Å²) >= 11 is 0. The average molecular weight is 258 g/mol. The standard InChI is InChI=1S/C15H18N2O2/c1-4-7-17-14(9-13(16-17)15(18)19)12-6-5-10(2)8-11(12)3/h5-6,8-9H,4,7H2,1-3H3,(H,18,19). The van der Waals surface area contributed by atoms with Crippen LogP contribution in [0.2, 0.25) is 0 Å². The number of benzene rings is 1. The average Bonchev–Trinajstić information content (AvgIpc) is 2.74. The van der Waals surface area contributed by atoms with Gasteiger partial charge >= 0.3 is 5.97 Å². The molecule has 0 saturated carbocycles. The van der Waals surface area contributed by atoms with E-state index >= 15 is 0 Å². The topological polar surface area (TPSA) is 55.1 Å². The summed E-state index contributed by atoms with van der Waals surface area (Å²) in [5, 5.41) is 13.2. The van der Waals surface area contributed by atoms with E-state index < -0.39 is 5.97 Å². The first-order valence-corrected chi connectivity index (χ1v) is 6.41. The van der Waals surface area contributed by atoms with Crippen LogP contribution in [0.5, 0.6) is 0 Å². The molecule has 2 aromatic rings. The Morgan fingerprint density at radius 3 is 2.63 bits per heavy atom. The van der Waals surface area contributed by atoms with E-state index in [1.54, 1.807) is 10.7 Å². The van der Waals surface area contributed by atoms with E-state index in [-0.39, 0.29) is 5.69 Å². The van der Waals surface area contributed by atoms with Gasteiger partial charge in [0.2, 0.25) is 0 Å². The molecule has 1 aromatic heterocycles. The third-order valence-electron chi connectivity index (χ3n) is 3.09. The molecule has 1 aromatic carbocycles. The van der Waals surface area contributed by atoms with Gasteiger partial charge in [0.05, 0.1) is 5.69 Å². The Kier molecular flexibility index (Phi) is 3.69. The number of aryl methyl sites for hydroxylation is 3. The van der Waals surface area contributed by atoms with Crippen molar-refractivity contribution in [1.29, 1.82) is 0 Å². The maximum absolute atomic E-state index is 11.1. The molecule has 0 saturated heterocycles. The molecule has 0 bridgehead atoms. The van der Waals surface area contributed by atoms with Crippen molar-refractivity contribution < 1.29 is 9.90 Å². The van der Waals surface area contributed by atoms with E-state index in [0.29, 0.717) is 0 Å². The monoisotopic (exact) mass is 258 g/mol. The van der Waals surface area contributed by atoms with Gasteiger partial charge in [0, 0.05) is 12.1 Å². The zero-order chi connectivity index (χ0) is 14.0. The van der Waals surface area contributed by atoms with Gasteiger partial charge in [-0.15, -0.1) is 0 Å². The first kappa shape index (κ1) is 13.3. The summed E-state index contributed by atoms with van der Waals surface area (Å²) in [6.07, 6.45) is 0.915. The molecule has 0 aliphatic carbocycles. The fraction of sp³-hybridized carbons (Fsp3) is 0.333. The number of hydrogen-bond donors (Lipinski definition) is 1. The lowest BCUT2D eigenvalue weighted by atomic mass is 10.0. The molecule has 0 aliphatic rings. The van der Waals surface area contributed by atoms with Crippen molar-refractivity contribution in [3.05, 3.63) is 41.1 Å². The van der Waals surface area contributed by atoms with Crippen molar-refractivity contribution in [2.24, 2.45) is 0 Å². The van der Waals surface area contributed by atoms with E-state index in [1.807, 2.05) is 32.9 Å². The molecule has 0 fully saturated rings. The SMILES string of the molecule is CCCn1nc(C(=O)O)cc1-c1ccc(C)cc1C. The number of aromatic carboxylic acids is 1. The molecule has 1 heterocycles. The van der Waals surface area contributed by atoms with Gasteiger partial charge in [-0.1, -0.05) is 30.7 Å². The Morgan fingerprint density at radius 1 is 1.32 bits per heavy atom. The van der Waals surface area contributed by atoms with Crippen LogP contribution in [0.15, 0.2) is 24.3 Å². The first-order valence-electron chi connectivity index (χ1n) is 6.41. The van der Waals surface area contributed by atoms with Crippen molar-refractivity contribution in [3.8, 4) is 11.3 Å². The summed E-state index contributed by atoms with van der Waals surface area (Å²) in [4.78, 5) is 11.1. The van der Waals surface area contributed by atoms with Gasteiger partial charge in [0.1, 0.15) is 0 Å². The van der Waals surface area contributed by atoms with Crippen LogP contribution in [-0.4, -0.2) is 20.9 Å². The van der Waals surface area contributed by atoms with E-state index in [2.05, 4.69) is 11.2 Å². The highest BCUT2D eigenvalue weighted by Gasteiger charge is 2.15. The van der Waals surface area contributed by atoms with Crippen molar-refractivity contribution in [2.45, 2.75) is 33.7 Å². The van der Waals surface area contributed by atoms with Crippen LogP contribution < -0.4 is 0 Å². The highest BCUT2D eigenvalue weighted by molar-refractivity contribution is 5.87. The second-order valence-corrected chi connectivity index (χ2v) is 4.76. The van der Waals surface area contributed by atoms with Gasteiger partial charge in [-0.2, -0.15) is 5.10 Å². The summed E-state index contributed by atoms with van der Waals surface area (Å²) in [6.45, 7) is 6.85. The number of nitrogens with zero attached hydrogens (tertiary/aromatic N) is 2. The summed E-state index contributed by atoms with van der Waals surface area (Å²) in [5.41, 5.74) is 4.34. The van der Waals surface area contributed by atoms with Gasteiger partial charge in [0.15, 0.2) is 5.69 Å². The van der Waals surface area contributed by atoms with Gasteiger partial charge in [-0.25, -0.2) is 4.79 Å². The Labute approximate surface area is 112 Å². The molecule has 19 heavy (non-hydrogen) atoms. The molecule has 4 nitrogen and oxygen atoms in total. The third-order valence-corrected chi connectivity index (χ3v) is 3.09. The second-order valence-electron chi connectivity index (χ2n) is 4.76. The maximum Gasteiger partial charge on any atom is 0.356 e. The van der Waals surface area contributed by atoms with Crippen LogP contribution in [-0.2, 0) is 6.54 Å². The molecular formula is C15H18N2O2. The highest BCUT2D eigenvalue weighted by Crippen LogP contribution is 2.25. The lowest BCUT2D eigenvalue weighted by molar-refractivity contribution is 0.0689. The predicted molar refractivity (Wildman–Crippen MR) is 74.4 cm³/mol. The number of aromatic nitrogens is 2. The van der Waals surface area contributed by atoms with Crippen molar-refractivity contribution in [3.63, 3.8) is 0 Å². The fourth-order valence-corrected chi connectivity index (χ4v) is 2.22. The minimum Gasteiger partial charge on any atom is -0.476 e. The smallest absolute Gasteiger partial charge is 0.356 e. The van der Waals surface area contributed by atoms with Gasteiger partial charge in [0.25, 0.3) is 0 Å². The molecular weight excluding hydrogens is 240 g/mol. The number of carboxylic acid groups (broad SMARTS) is 1. The van der Waals surface area contributed by atoms with E-state index in [0.717, 1.165) is 29.8 Å². The fourth-order valence-electron chi connectivity index (χ4n) is 2.22. The summed E-state index contributed by atoms with van der Waals surface area (Å²) < 4.78 is 1.78. The number of carboxylic acids is 1. The Hall–Kier alpha value is -2.10. The molecule has 0 spiro atoms. The van der Waals surface area contributed by atoms with Crippen molar-refractivity contribution in [2.75, 3.05) is 0 Å². The third kappa shape index (κ3) is 2.67. The minimum absolute atomic E-state index is 0.100. The normalized spacial score (nSPS) is 10.7. The van der Waals surface area contributed by atoms with Crippen molar-refractivity contribution >= 4 is 5.97 Å². The zero-order valence-electron chi connectivity index (χ0n) is 11.5. The van der Waals surface area contributed by atoms with Crippen molar-refractivity contribution in [1.82, 2.24) is 9.78 Å². The van der Waals surface area contributed by atoms with Gasteiger partial charge < -0.3 is 5.11 Å². The predicted octanol–water partition coefficient (Wildman–Crippen LogP) is 3.28. The number of carbonyl (C=O) groups is 1. The number of hydrogen-bond acceptors (Lipinski definition) is 2. The molecule has 4 heteroatoms. The van der Waals surface area contributed by atoms with Crippen LogP contribution in [0, 0.1) is 13.8 Å². The molecule has 0 aliphatic heterocycles. The lowest BCUT2D eigenvalue weighted by Gasteiger charge is -2.09. The molecule has 2 rings (SSSR count). The van der Waals surface area contributed by atoms with E-state index in [4.69, 9.17) is 5.11 Å². The van der Waals surface area contributed by atoms with Crippen LogP contribution in [0.1, 0.15) is 35.0 Å². The van der Waals surface area contributed by atoms with Crippen LogP contribution in [0.4, 0.5) is 0 Å². The molecule has 0 amide bonds. The van der Waals surface area contributed by atoms with Gasteiger partial charge in [-0.05, 0) is 31.9 Å². The molecule has 100 valence electrons. The van der Waals surface area contributed by atoms with Crippen LogP contribution in [0.25, 0.3) is 11.3 Å². The van der Waals surface area contributed by atoms with Crippen LogP contribution >= 0.6 is 0 Å². The Balaban J connectivity index is 2.56. The number of rotatable bonds is 4. The quantitative estimate of drug-likeness (QED) is 0.915. The molecule has 0 unspecified atom stereocenters. The molecule has 0 atom stereocenters. The Bertz CT molecular complexity index is 615. The Morgan fingerprint density at radius 2 is 2.05 bits per heavy atom. The summed E-state index contributed by atoms with van der Waals surface area (Å²) in [6, 6.07) is 7.81. The first-order chi connectivity index (χ1) is 9.02. The minimum atomic E-state index is -0.985. The zero-order valence-corrected chi connectivity index (χ0v) is 11.5. The van der Waals surface area contributed by atoms with E-state index in [1.165, 1.54) is 5.56 Å². The summed E-state index contributed by atoms with van der Waals surface area (Å²) in [5.74, 6) is -0.985.